The van der Waals surface area contributed by atoms with Crippen molar-refractivity contribution in [3.05, 3.63) is 29.8 Å². The minimum absolute atomic E-state index is 0.428. The van der Waals surface area contributed by atoms with E-state index in [1.165, 1.54) is 4.90 Å². The van der Waals surface area contributed by atoms with Crippen molar-refractivity contribution in [1.82, 2.24) is 4.90 Å². The summed E-state index contributed by atoms with van der Waals surface area (Å²) in [6, 6.07) is 5.62. The van der Waals surface area contributed by atoms with Crippen molar-refractivity contribution in [3.63, 3.8) is 0 Å². The molecule has 0 atom stereocenters. The highest BCUT2D eigenvalue weighted by Gasteiger charge is 2.17. The number of ether oxygens (including phenoxy) is 1. The third kappa shape index (κ3) is 2.40. The second-order valence-electron chi connectivity index (χ2n) is 4.16. The van der Waals surface area contributed by atoms with Gasteiger partial charge in [-0.25, -0.2) is 4.79 Å². The van der Waals surface area contributed by atoms with Crippen molar-refractivity contribution in [2.45, 2.75) is 6.42 Å². The Morgan fingerprint density at radius 2 is 2.28 bits per heavy atom. The summed E-state index contributed by atoms with van der Waals surface area (Å²) >= 11 is 0. The molecule has 0 radical (unpaired) electrons. The van der Waals surface area contributed by atoms with Crippen LogP contribution in [-0.2, 0) is 0 Å². The van der Waals surface area contributed by atoms with Gasteiger partial charge < -0.3 is 20.5 Å². The van der Waals surface area contributed by atoms with Gasteiger partial charge in [0.05, 0.1) is 12.8 Å². The molecule has 1 aromatic rings. The number of methoxy groups -OCH3 is 1. The highest BCUT2D eigenvalue weighted by Crippen LogP contribution is 2.29. The van der Waals surface area contributed by atoms with E-state index in [2.05, 4.69) is 0 Å². The molecule has 0 fully saturated rings. The summed E-state index contributed by atoms with van der Waals surface area (Å²) in [5.74, 6) is 0.647. The van der Waals surface area contributed by atoms with E-state index in [1.54, 1.807) is 13.2 Å². The van der Waals surface area contributed by atoms with Crippen LogP contribution in [0.4, 0.5) is 10.5 Å². The number of benzene rings is 1. The van der Waals surface area contributed by atoms with Crippen LogP contribution < -0.4 is 10.5 Å². The van der Waals surface area contributed by atoms with Crippen LogP contribution in [-0.4, -0.2) is 36.3 Å². The Morgan fingerprint density at radius 1 is 1.50 bits per heavy atom. The van der Waals surface area contributed by atoms with Crippen molar-refractivity contribution in [3.8, 4) is 5.75 Å². The summed E-state index contributed by atoms with van der Waals surface area (Å²) in [4.78, 5) is 12.2. The molecule has 0 saturated heterocycles. The second-order valence-corrected chi connectivity index (χ2v) is 4.16. The number of hydrogen-bond acceptors (Lipinski definition) is 3. The summed E-state index contributed by atoms with van der Waals surface area (Å²) < 4.78 is 5.18. The van der Waals surface area contributed by atoms with Crippen LogP contribution in [0, 0.1) is 0 Å². The number of carbonyl (C=O) groups is 1. The van der Waals surface area contributed by atoms with E-state index in [0.29, 0.717) is 30.9 Å². The standard InChI is InChI=1S/C13H16N2O3/c1-18-12-8-10(2-3-11(12)14)9-4-6-15(7-5-9)13(16)17/h2-4,8H,5-7,14H2,1H3,(H,16,17). The number of nitrogen functional groups attached to an aromatic ring is 1. The number of rotatable bonds is 2. The van der Waals surface area contributed by atoms with Crippen molar-refractivity contribution in [2.75, 3.05) is 25.9 Å². The average molecular weight is 248 g/mol. The molecule has 0 unspecified atom stereocenters. The number of hydrogen-bond donors (Lipinski definition) is 2. The lowest BCUT2D eigenvalue weighted by molar-refractivity contribution is 0.150. The van der Waals surface area contributed by atoms with Gasteiger partial charge in [0.15, 0.2) is 0 Å². The third-order valence-corrected chi connectivity index (χ3v) is 3.08. The Labute approximate surface area is 105 Å². The van der Waals surface area contributed by atoms with E-state index < -0.39 is 6.09 Å². The zero-order chi connectivity index (χ0) is 13.1. The van der Waals surface area contributed by atoms with Crippen LogP contribution in [0.25, 0.3) is 5.57 Å². The summed E-state index contributed by atoms with van der Waals surface area (Å²) in [6.45, 7) is 0.950. The Morgan fingerprint density at radius 3 is 2.83 bits per heavy atom. The smallest absolute Gasteiger partial charge is 0.407 e. The maximum atomic E-state index is 10.8. The van der Waals surface area contributed by atoms with E-state index in [9.17, 15) is 4.79 Å². The molecular formula is C13H16N2O3. The number of anilines is 1. The molecule has 1 aromatic carbocycles. The van der Waals surface area contributed by atoms with Gasteiger partial charge in [-0.05, 0) is 29.7 Å². The van der Waals surface area contributed by atoms with Crippen LogP contribution in [0.15, 0.2) is 24.3 Å². The first-order valence-electron chi connectivity index (χ1n) is 5.72. The van der Waals surface area contributed by atoms with E-state index in [4.69, 9.17) is 15.6 Å². The van der Waals surface area contributed by atoms with Gasteiger partial charge in [0.25, 0.3) is 0 Å². The fourth-order valence-electron chi connectivity index (χ4n) is 2.02. The number of nitrogens with zero attached hydrogens (tertiary/aromatic N) is 1. The first kappa shape index (κ1) is 12.3. The molecule has 3 N–H and O–H groups in total. The predicted molar refractivity (Wildman–Crippen MR) is 69.6 cm³/mol. The molecule has 0 bridgehead atoms. The SMILES string of the molecule is COc1cc(C2=CCN(C(=O)O)CC2)ccc1N. The van der Waals surface area contributed by atoms with Gasteiger partial charge in [-0.3, -0.25) is 0 Å². The summed E-state index contributed by atoms with van der Waals surface area (Å²) in [7, 11) is 1.58. The summed E-state index contributed by atoms with van der Waals surface area (Å²) in [6.07, 6.45) is 1.77. The topological polar surface area (TPSA) is 75.8 Å². The van der Waals surface area contributed by atoms with Gasteiger partial charge >= 0.3 is 6.09 Å². The lowest BCUT2D eigenvalue weighted by atomic mass is 9.99. The van der Waals surface area contributed by atoms with Crippen molar-refractivity contribution >= 4 is 17.4 Å². The fourth-order valence-corrected chi connectivity index (χ4v) is 2.02. The van der Waals surface area contributed by atoms with Gasteiger partial charge in [-0.1, -0.05) is 12.1 Å². The summed E-state index contributed by atoms with van der Waals surface area (Å²) in [5, 5.41) is 8.87. The molecule has 1 amide bonds. The van der Waals surface area contributed by atoms with Gasteiger partial charge in [-0.2, -0.15) is 0 Å². The summed E-state index contributed by atoms with van der Waals surface area (Å²) in [5.41, 5.74) is 8.53. The van der Waals surface area contributed by atoms with E-state index in [0.717, 1.165) is 11.1 Å². The first-order chi connectivity index (χ1) is 8.61. The van der Waals surface area contributed by atoms with E-state index in [1.807, 2.05) is 18.2 Å². The van der Waals surface area contributed by atoms with Crippen LogP contribution in [0.2, 0.25) is 0 Å². The van der Waals surface area contributed by atoms with Gasteiger partial charge in [0, 0.05) is 13.1 Å². The minimum Gasteiger partial charge on any atom is -0.495 e. The minimum atomic E-state index is -0.875. The van der Waals surface area contributed by atoms with Gasteiger partial charge in [0.1, 0.15) is 5.75 Å². The normalized spacial score (nSPS) is 15.2. The second kappa shape index (κ2) is 5.00. The molecule has 1 aliphatic heterocycles. The lowest BCUT2D eigenvalue weighted by Crippen LogP contribution is -2.33. The van der Waals surface area contributed by atoms with Crippen LogP contribution in [0.5, 0.6) is 5.75 Å². The van der Waals surface area contributed by atoms with Crippen LogP contribution in [0.1, 0.15) is 12.0 Å². The van der Waals surface area contributed by atoms with Crippen LogP contribution >= 0.6 is 0 Å². The molecule has 0 spiro atoms. The van der Waals surface area contributed by atoms with Crippen molar-refractivity contribution < 1.29 is 14.6 Å². The zero-order valence-electron chi connectivity index (χ0n) is 10.2. The highest BCUT2D eigenvalue weighted by atomic mass is 16.5. The van der Waals surface area contributed by atoms with Crippen molar-refractivity contribution in [1.29, 1.82) is 0 Å². The lowest BCUT2D eigenvalue weighted by Gasteiger charge is -2.24. The monoisotopic (exact) mass is 248 g/mol. The van der Waals surface area contributed by atoms with Crippen LogP contribution in [0.3, 0.4) is 0 Å². The molecular weight excluding hydrogens is 232 g/mol. The number of carboxylic acid groups (broad SMARTS) is 1. The molecule has 1 heterocycles. The Hall–Kier alpha value is -2.17. The molecule has 0 aromatic heterocycles. The van der Waals surface area contributed by atoms with Gasteiger partial charge in [0.2, 0.25) is 0 Å². The molecule has 1 aliphatic rings. The maximum Gasteiger partial charge on any atom is 0.407 e. The molecule has 0 saturated carbocycles. The molecule has 5 nitrogen and oxygen atoms in total. The third-order valence-electron chi connectivity index (χ3n) is 3.08. The Kier molecular flexibility index (Phi) is 3.41. The largest absolute Gasteiger partial charge is 0.495 e. The maximum absolute atomic E-state index is 10.8. The average Bonchev–Trinajstić information content (AvgIpc) is 2.39. The Balaban J connectivity index is 2.20. The van der Waals surface area contributed by atoms with E-state index in [-0.39, 0.29) is 0 Å². The van der Waals surface area contributed by atoms with Gasteiger partial charge in [-0.15, -0.1) is 0 Å². The molecule has 18 heavy (non-hydrogen) atoms. The van der Waals surface area contributed by atoms with E-state index >= 15 is 0 Å². The zero-order valence-corrected chi connectivity index (χ0v) is 10.2. The first-order valence-corrected chi connectivity index (χ1v) is 5.72. The molecule has 2 rings (SSSR count). The Bertz CT molecular complexity index is 497. The fraction of sp³-hybridized carbons (Fsp3) is 0.308. The number of nitrogens with two attached hydrogens (primary N) is 1. The predicted octanol–water partition coefficient (Wildman–Crippen LogP) is 2.04. The molecule has 5 heteroatoms. The quantitative estimate of drug-likeness (QED) is 0.785. The molecule has 96 valence electrons. The molecule has 0 aliphatic carbocycles. The highest BCUT2D eigenvalue weighted by molar-refractivity contribution is 5.73. The number of amides is 1. The van der Waals surface area contributed by atoms with Crippen molar-refractivity contribution in [2.24, 2.45) is 0 Å².